The zero-order valence-corrected chi connectivity index (χ0v) is 11.7. The number of aryl methyl sites for hydroxylation is 1. The third-order valence-corrected chi connectivity index (χ3v) is 3.34. The Balaban J connectivity index is 2.01. The third kappa shape index (κ3) is 2.56. The fourth-order valence-electron chi connectivity index (χ4n) is 2.29. The van der Waals surface area contributed by atoms with Crippen LogP contribution < -0.4 is 9.47 Å². The lowest BCUT2D eigenvalue weighted by Crippen LogP contribution is -2.08. The summed E-state index contributed by atoms with van der Waals surface area (Å²) in [5.41, 5.74) is 1.61. The smallest absolute Gasteiger partial charge is 0.354 e. The first-order valence-electron chi connectivity index (χ1n) is 6.90. The maximum absolute atomic E-state index is 11.2. The second-order valence-corrected chi connectivity index (χ2v) is 4.75. The van der Waals surface area contributed by atoms with Gasteiger partial charge >= 0.3 is 5.97 Å². The molecular formula is C15H16N2O4. The van der Waals surface area contributed by atoms with E-state index in [1.165, 1.54) is 4.68 Å². The van der Waals surface area contributed by atoms with Gasteiger partial charge in [-0.2, -0.15) is 5.10 Å². The normalized spacial score (nSPS) is 13.8. The van der Waals surface area contributed by atoms with Crippen LogP contribution in [-0.4, -0.2) is 34.1 Å². The van der Waals surface area contributed by atoms with Crippen LogP contribution in [0.15, 0.2) is 24.3 Å². The average molecular weight is 288 g/mol. The molecule has 0 saturated carbocycles. The van der Waals surface area contributed by atoms with E-state index in [4.69, 9.17) is 9.47 Å². The van der Waals surface area contributed by atoms with Crippen LogP contribution in [0.4, 0.5) is 0 Å². The Kier molecular flexibility index (Phi) is 3.51. The summed E-state index contributed by atoms with van der Waals surface area (Å²) in [7, 11) is 0. The molecule has 0 unspecified atom stereocenters. The van der Waals surface area contributed by atoms with Crippen molar-refractivity contribution >= 4 is 5.97 Å². The van der Waals surface area contributed by atoms with Crippen molar-refractivity contribution in [3.05, 3.63) is 30.0 Å². The second-order valence-electron chi connectivity index (χ2n) is 4.75. The average Bonchev–Trinajstić information content (AvgIpc) is 2.79. The Hall–Kier alpha value is -2.50. The molecule has 1 N–H and O–H groups in total. The van der Waals surface area contributed by atoms with E-state index in [2.05, 4.69) is 5.10 Å². The number of carbonyl (C=O) groups is 1. The van der Waals surface area contributed by atoms with Gasteiger partial charge in [-0.15, -0.1) is 0 Å². The number of nitrogens with zero attached hydrogens (tertiary/aromatic N) is 2. The SMILES string of the molecule is CCn1nc(-c2ccc3c(c2)OCCCO3)cc1C(=O)O. The van der Waals surface area contributed by atoms with Gasteiger partial charge in [0.05, 0.1) is 18.9 Å². The van der Waals surface area contributed by atoms with Gasteiger partial charge in [-0.3, -0.25) is 4.68 Å². The van der Waals surface area contributed by atoms with E-state index in [1.54, 1.807) is 6.07 Å². The number of hydrogen-bond acceptors (Lipinski definition) is 4. The van der Waals surface area contributed by atoms with Crippen molar-refractivity contribution in [3.8, 4) is 22.8 Å². The number of fused-ring (bicyclic) bond motifs is 1. The van der Waals surface area contributed by atoms with Crippen molar-refractivity contribution in [1.82, 2.24) is 9.78 Å². The molecule has 6 heteroatoms. The fraction of sp³-hybridized carbons (Fsp3) is 0.333. The van der Waals surface area contributed by atoms with Crippen molar-refractivity contribution in [2.75, 3.05) is 13.2 Å². The Morgan fingerprint density at radius 2 is 2.05 bits per heavy atom. The zero-order valence-electron chi connectivity index (χ0n) is 11.7. The van der Waals surface area contributed by atoms with Gasteiger partial charge in [0, 0.05) is 18.5 Å². The first-order chi connectivity index (χ1) is 10.2. The molecule has 0 amide bonds. The number of benzene rings is 1. The lowest BCUT2D eigenvalue weighted by molar-refractivity contribution is 0.0683. The fourth-order valence-corrected chi connectivity index (χ4v) is 2.29. The highest BCUT2D eigenvalue weighted by molar-refractivity contribution is 5.87. The summed E-state index contributed by atoms with van der Waals surface area (Å²) in [6.45, 7) is 3.61. The Morgan fingerprint density at radius 3 is 2.71 bits per heavy atom. The van der Waals surface area contributed by atoms with E-state index in [1.807, 2.05) is 25.1 Å². The van der Waals surface area contributed by atoms with Crippen LogP contribution in [0.5, 0.6) is 11.5 Å². The zero-order chi connectivity index (χ0) is 14.8. The van der Waals surface area contributed by atoms with Crippen LogP contribution in [0.3, 0.4) is 0 Å². The maximum atomic E-state index is 11.2. The standard InChI is InChI=1S/C15H16N2O4/c1-2-17-12(15(18)19)9-11(16-17)10-4-5-13-14(8-10)21-7-3-6-20-13/h4-5,8-9H,2-3,6-7H2,1H3,(H,18,19). The molecular weight excluding hydrogens is 272 g/mol. The minimum absolute atomic E-state index is 0.180. The molecule has 21 heavy (non-hydrogen) atoms. The van der Waals surface area contributed by atoms with Crippen LogP contribution in [0, 0.1) is 0 Å². The predicted molar refractivity (Wildman–Crippen MR) is 75.9 cm³/mol. The molecule has 2 aromatic rings. The summed E-state index contributed by atoms with van der Waals surface area (Å²) in [6, 6.07) is 7.11. The van der Waals surface area contributed by atoms with Gasteiger partial charge in [0.1, 0.15) is 5.69 Å². The van der Waals surface area contributed by atoms with Gasteiger partial charge in [-0.1, -0.05) is 0 Å². The first-order valence-corrected chi connectivity index (χ1v) is 6.90. The Morgan fingerprint density at radius 1 is 1.29 bits per heavy atom. The van der Waals surface area contributed by atoms with E-state index in [-0.39, 0.29) is 5.69 Å². The molecule has 1 aromatic carbocycles. The highest BCUT2D eigenvalue weighted by atomic mass is 16.5. The lowest BCUT2D eigenvalue weighted by Gasteiger charge is -2.08. The summed E-state index contributed by atoms with van der Waals surface area (Å²) in [4.78, 5) is 11.2. The minimum Gasteiger partial charge on any atom is -0.490 e. The molecule has 110 valence electrons. The van der Waals surface area contributed by atoms with Crippen molar-refractivity contribution in [1.29, 1.82) is 0 Å². The third-order valence-electron chi connectivity index (χ3n) is 3.34. The summed E-state index contributed by atoms with van der Waals surface area (Å²) >= 11 is 0. The molecule has 0 bridgehead atoms. The van der Waals surface area contributed by atoms with Crippen molar-refractivity contribution in [3.63, 3.8) is 0 Å². The summed E-state index contributed by atoms with van der Waals surface area (Å²) in [5, 5.41) is 13.5. The number of carboxylic acids is 1. The van der Waals surface area contributed by atoms with Crippen LogP contribution in [0.2, 0.25) is 0 Å². The van der Waals surface area contributed by atoms with Gasteiger partial charge in [0.2, 0.25) is 0 Å². The van der Waals surface area contributed by atoms with E-state index in [0.29, 0.717) is 37.0 Å². The van der Waals surface area contributed by atoms with Crippen LogP contribution in [0.25, 0.3) is 11.3 Å². The molecule has 1 aromatic heterocycles. The van der Waals surface area contributed by atoms with Gasteiger partial charge in [-0.25, -0.2) is 4.79 Å². The molecule has 0 saturated heterocycles. The lowest BCUT2D eigenvalue weighted by atomic mass is 10.1. The van der Waals surface area contributed by atoms with Gasteiger partial charge in [-0.05, 0) is 31.2 Å². The molecule has 0 aliphatic carbocycles. The van der Waals surface area contributed by atoms with Crippen LogP contribution in [-0.2, 0) is 6.54 Å². The molecule has 0 spiro atoms. The molecule has 3 rings (SSSR count). The van der Waals surface area contributed by atoms with Crippen LogP contribution >= 0.6 is 0 Å². The highest BCUT2D eigenvalue weighted by Crippen LogP contribution is 2.34. The van der Waals surface area contributed by atoms with Gasteiger partial charge < -0.3 is 14.6 Å². The topological polar surface area (TPSA) is 73.6 Å². The van der Waals surface area contributed by atoms with Gasteiger partial charge in [0.15, 0.2) is 11.5 Å². The molecule has 1 aliphatic heterocycles. The number of rotatable bonds is 3. The molecule has 0 atom stereocenters. The Bertz CT molecular complexity index is 678. The monoisotopic (exact) mass is 288 g/mol. The number of hydrogen-bond donors (Lipinski definition) is 1. The van der Waals surface area contributed by atoms with E-state index < -0.39 is 5.97 Å². The van der Waals surface area contributed by atoms with E-state index in [0.717, 1.165) is 12.0 Å². The van der Waals surface area contributed by atoms with E-state index in [9.17, 15) is 9.90 Å². The number of carboxylic acid groups (broad SMARTS) is 1. The van der Waals surface area contributed by atoms with Crippen LogP contribution in [0.1, 0.15) is 23.8 Å². The summed E-state index contributed by atoms with van der Waals surface area (Å²) < 4.78 is 12.7. The van der Waals surface area contributed by atoms with Crippen molar-refractivity contribution in [2.45, 2.75) is 19.9 Å². The quantitative estimate of drug-likeness (QED) is 0.939. The highest BCUT2D eigenvalue weighted by Gasteiger charge is 2.16. The number of ether oxygens (including phenoxy) is 2. The summed E-state index contributed by atoms with van der Waals surface area (Å²) in [5.74, 6) is 0.405. The Labute approximate surface area is 121 Å². The molecule has 1 aliphatic rings. The molecule has 0 fully saturated rings. The number of aromatic carboxylic acids is 1. The molecule has 2 heterocycles. The molecule has 0 radical (unpaired) electrons. The number of aromatic nitrogens is 2. The van der Waals surface area contributed by atoms with E-state index >= 15 is 0 Å². The molecule has 6 nitrogen and oxygen atoms in total. The largest absolute Gasteiger partial charge is 0.490 e. The maximum Gasteiger partial charge on any atom is 0.354 e. The summed E-state index contributed by atoms with van der Waals surface area (Å²) in [6.07, 6.45) is 0.845. The van der Waals surface area contributed by atoms with Crippen molar-refractivity contribution in [2.24, 2.45) is 0 Å². The second kappa shape index (κ2) is 5.47. The van der Waals surface area contributed by atoms with Crippen molar-refractivity contribution < 1.29 is 19.4 Å². The van der Waals surface area contributed by atoms with Gasteiger partial charge in [0.25, 0.3) is 0 Å². The first kappa shape index (κ1) is 13.5. The minimum atomic E-state index is -0.982. The predicted octanol–water partition coefficient (Wildman–Crippen LogP) is 2.43.